The van der Waals surface area contributed by atoms with Crippen LogP contribution in [0, 0.1) is 0 Å². The molecular formula is C12H17BrO2. The Kier molecular flexibility index (Phi) is 4.61. The van der Waals surface area contributed by atoms with E-state index in [4.69, 9.17) is 9.47 Å². The number of ether oxygens (including phenoxy) is 2. The van der Waals surface area contributed by atoms with Crippen molar-refractivity contribution in [1.29, 1.82) is 0 Å². The molecule has 1 aromatic carbocycles. The van der Waals surface area contributed by atoms with Crippen LogP contribution in [0.3, 0.4) is 0 Å². The fraction of sp³-hybridized carbons (Fsp3) is 0.500. The predicted molar refractivity (Wildman–Crippen MR) is 65.3 cm³/mol. The summed E-state index contributed by atoms with van der Waals surface area (Å²) in [7, 11) is 1.72. The number of hydrogen-bond donors (Lipinski definition) is 0. The summed E-state index contributed by atoms with van der Waals surface area (Å²) in [6.07, 6.45) is 0.866. The topological polar surface area (TPSA) is 18.5 Å². The van der Waals surface area contributed by atoms with Crippen molar-refractivity contribution in [2.45, 2.75) is 25.9 Å². The van der Waals surface area contributed by atoms with Gasteiger partial charge in [0, 0.05) is 13.5 Å². The molecule has 2 nitrogen and oxygen atoms in total. The van der Waals surface area contributed by atoms with Gasteiger partial charge in [0.15, 0.2) is 0 Å². The minimum absolute atomic E-state index is 0.124. The van der Waals surface area contributed by atoms with Gasteiger partial charge in [-0.1, -0.05) is 12.1 Å². The highest BCUT2D eigenvalue weighted by Gasteiger charge is 2.16. The number of rotatable bonds is 5. The lowest BCUT2D eigenvalue weighted by atomic mass is 10.1. The molecule has 84 valence electrons. The molecule has 0 unspecified atom stereocenters. The zero-order valence-electron chi connectivity index (χ0n) is 9.42. The maximum Gasteiger partial charge on any atom is 0.133 e. The molecule has 15 heavy (non-hydrogen) atoms. The summed E-state index contributed by atoms with van der Waals surface area (Å²) in [4.78, 5) is 0. The first-order valence-electron chi connectivity index (χ1n) is 4.98. The molecule has 3 heteroatoms. The first-order valence-corrected chi connectivity index (χ1v) is 5.77. The van der Waals surface area contributed by atoms with Gasteiger partial charge in [0.1, 0.15) is 5.75 Å². The Balaban J connectivity index is 2.42. The summed E-state index contributed by atoms with van der Waals surface area (Å²) in [5.41, 5.74) is -0.124. The molecule has 0 fully saturated rings. The van der Waals surface area contributed by atoms with Crippen molar-refractivity contribution < 1.29 is 9.47 Å². The van der Waals surface area contributed by atoms with E-state index in [-0.39, 0.29) is 5.60 Å². The highest BCUT2D eigenvalue weighted by molar-refractivity contribution is 9.10. The van der Waals surface area contributed by atoms with E-state index >= 15 is 0 Å². The zero-order chi connectivity index (χ0) is 11.3. The standard InChI is InChI=1S/C12H17BrO2/c1-12(2,14-3)8-9-15-11-7-5-4-6-10(11)13/h4-7H,8-9H2,1-3H3. The minimum Gasteiger partial charge on any atom is -0.492 e. The van der Waals surface area contributed by atoms with Gasteiger partial charge in [0.25, 0.3) is 0 Å². The van der Waals surface area contributed by atoms with Crippen molar-refractivity contribution in [3.8, 4) is 5.75 Å². The van der Waals surface area contributed by atoms with Crippen LogP contribution < -0.4 is 4.74 Å². The number of benzene rings is 1. The minimum atomic E-state index is -0.124. The van der Waals surface area contributed by atoms with E-state index in [1.165, 1.54) is 0 Å². The van der Waals surface area contributed by atoms with E-state index < -0.39 is 0 Å². The van der Waals surface area contributed by atoms with Crippen LogP contribution in [0.5, 0.6) is 5.75 Å². The highest BCUT2D eigenvalue weighted by Crippen LogP contribution is 2.24. The van der Waals surface area contributed by atoms with Crippen molar-refractivity contribution in [3.05, 3.63) is 28.7 Å². The van der Waals surface area contributed by atoms with E-state index in [2.05, 4.69) is 29.8 Å². The summed E-state index contributed by atoms with van der Waals surface area (Å²) in [5.74, 6) is 0.879. The van der Waals surface area contributed by atoms with Crippen LogP contribution in [0.1, 0.15) is 20.3 Å². The third-order valence-corrected chi connectivity index (χ3v) is 3.01. The summed E-state index contributed by atoms with van der Waals surface area (Å²) >= 11 is 3.44. The van der Waals surface area contributed by atoms with Crippen molar-refractivity contribution in [3.63, 3.8) is 0 Å². The van der Waals surface area contributed by atoms with E-state index in [0.29, 0.717) is 6.61 Å². The summed E-state index contributed by atoms with van der Waals surface area (Å²) in [6.45, 7) is 4.76. The number of para-hydroxylation sites is 1. The van der Waals surface area contributed by atoms with E-state index in [1.54, 1.807) is 7.11 Å². The second kappa shape index (κ2) is 5.52. The van der Waals surface area contributed by atoms with Gasteiger partial charge < -0.3 is 9.47 Å². The average Bonchev–Trinajstić information content (AvgIpc) is 2.21. The Hall–Kier alpha value is -0.540. The Labute approximate surface area is 99.7 Å². The quantitative estimate of drug-likeness (QED) is 0.815. The van der Waals surface area contributed by atoms with Crippen LogP contribution in [0.15, 0.2) is 28.7 Å². The second-order valence-corrected chi connectivity index (χ2v) is 4.85. The molecular weight excluding hydrogens is 256 g/mol. The number of methoxy groups -OCH3 is 1. The zero-order valence-corrected chi connectivity index (χ0v) is 11.0. The van der Waals surface area contributed by atoms with E-state index in [9.17, 15) is 0 Å². The van der Waals surface area contributed by atoms with Crippen molar-refractivity contribution in [2.75, 3.05) is 13.7 Å². The van der Waals surface area contributed by atoms with Gasteiger partial charge in [0.2, 0.25) is 0 Å². The maximum atomic E-state index is 5.65. The van der Waals surface area contributed by atoms with E-state index in [0.717, 1.165) is 16.6 Å². The van der Waals surface area contributed by atoms with Crippen LogP contribution in [-0.4, -0.2) is 19.3 Å². The molecule has 1 rings (SSSR count). The molecule has 0 aliphatic heterocycles. The van der Waals surface area contributed by atoms with Gasteiger partial charge in [0.05, 0.1) is 16.7 Å². The average molecular weight is 273 g/mol. The monoisotopic (exact) mass is 272 g/mol. The molecule has 0 saturated carbocycles. The molecule has 0 heterocycles. The third kappa shape index (κ3) is 4.22. The second-order valence-electron chi connectivity index (χ2n) is 3.99. The molecule has 0 amide bonds. The maximum absolute atomic E-state index is 5.65. The first-order chi connectivity index (χ1) is 7.05. The number of halogens is 1. The molecule has 0 N–H and O–H groups in total. The van der Waals surface area contributed by atoms with Crippen molar-refractivity contribution in [2.24, 2.45) is 0 Å². The lowest BCUT2D eigenvalue weighted by Crippen LogP contribution is -2.25. The summed E-state index contributed by atoms with van der Waals surface area (Å²) in [5, 5.41) is 0. The highest BCUT2D eigenvalue weighted by atomic mass is 79.9. The SMILES string of the molecule is COC(C)(C)CCOc1ccccc1Br. The lowest BCUT2D eigenvalue weighted by Gasteiger charge is -2.22. The molecule has 0 atom stereocenters. The van der Waals surface area contributed by atoms with Gasteiger partial charge in [-0.3, -0.25) is 0 Å². The lowest BCUT2D eigenvalue weighted by molar-refractivity contribution is 0.00539. The van der Waals surface area contributed by atoms with Gasteiger partial charge in [-0.05, 0) is 41.9 Å². The fourth-order valence-electron chi connectivity index (χ4n) is 1.07. The molecule has 0 aromatic heterocycles. The van der Waals surface area contributed by atoms with Crippen LogP contribution in [0.25, 0.3) is 0 Å². The van der Waals surface area contributed by atoms with Gasteiger partial charge in [-0.2, -0.15) is 0 Å². The smallest absolute Gasteiger partial charge is 0.133 e. The molecule has 0 bridgehead atoms. The Bertz CT molecular complexity index is 310. The molecule has 0 spiro atoms. The molecule has 0 radical (unpaired) electrons. The number of hydrogen-bond acceptors (Lipinski definition) is 2. The van der Waals surface area contributed by atoms with Crippen molar-refractivity contribution in [1.82, 2.24) is 0 Å². The molecule has 0 aliphatic carbocycles. The van der Waals surface area contributed by atoms with Crippen LogP contribution in [0.4, 0.5) is 0 Å². The van der Waals surface area contributed by atoms with E-state index in [1.807, 2.05) is 24.3 Å². The van der Waals surface area contributed by atoms with Gasteiger partial charge in [-0.25, -0.2) is 0 Å². The van der Waals surface area contributed by atoms with Gasteiger partial charge >= 0.3 is 0 Å². The third-order valence-electron chi connectivity index (χ3n) is 2.35. The van der Waals surface area contributed by atoms with Crippen LogP contribution in [0.2, 0.25) is 0 Å². The summed E-state index contributed by atoms with van der Waals surface area (Å²) < 4.78 is 11.9. The van der Waals surface area contributed by atoms with Crippen LogP contribution >= 0.6 is 15.9 Å². The first kappa shape index (κ1) is 12.5. The Morgan fingerprint density at radius 3 is 2.53 bits per heavy atom. The predicted octanol–water partition coefficient (Wildman–Crippen LogP) is 3.64. The summed E-state index contributed by atoms with van der Waals surface area (Å²) in [6, 6.07) is 7.85. The largest absolute Gasteiger partial charge is 0.492 e. The fourth-order valence-corrected chi connectivity index (χ4v) is 1.47. The molecule has 1 aromatic rings. The molecule has 0 aliphatic rings. The van der Waals surface area contributed by atoms with Crippen molar-refractivity contribution >= 4 is 15.9 Å². The van der Waals surface area contributed by atoms with Crippen LogP contribution in [-0.2, 0) is 4.74 Å². The Morgan fingerprint density at radius 2 is 1.93 bits per heavy atom. The van der Waals surface area contributed by atoms with Gasteiger partial charge in [-0.15, -0.1) is 0 Å². The Morgan fingerprint density at radius 1 is 1.27 bits per heavy atom. The normalized spacial score (nSPS) is 11.5. The molecule has 0 saturated heterocycles.